The van der Waals surface area contributed by atoms with Crippen molar-refractivity contribution < 1.29 is 24.1 Å². The number of aliphatic hydroxyl groups excluding tert-OH is 1. The minimum Gasteiger partial charge on any atom is -0.493 e. The van der Waals surface area contributed by atoms with Crippen molar-refractivity contribution in [1.82, 2.24) is 15.0 Å². The number of nitrogens with zero attached hydrogens (tertiary/aromatic N) is 4. The normalized spacial score (nSPS) is 14.3. The van der Waals surface area contributed by atoms with Crippen molar-refractivity contribution in [3.8, 4) is 22.9 Å². The number of aliphatic hydroxyl groups is 1. The summed E-state index contributed by atoms with van der Waals surface area (Å²) in [7, 11) is 4.52. The second kappa shape index (κ2) is 9.50. The summed E-state index contributed by atoms with van der Waals surface area (Å²) in [6.07, 6.45) is 0.868. The molecule has 0 aliphatic carbocycles. The summed E-state index contributed by atoms with van der Waals surface area (Å²) in [5, 5.41) is 19.2. The summed E-state index contributed by atoms with van der Waals surface area (Å²) < 4.78 is 16.2. The third kappa shape index (κ3) is 4.49. The van der Waals surface area contributed by atoms with E-state index >= 15 is 0 Å². The van der Waals surface area contributed by atoms with Crippen LogP contribution in [0.4, 0.5) is 5.82 Å². The number of piperidine rings is 1. The summed E-state index contributed by atoms with van der Waals surface area (Å²) in [5.74, 6) is 1.35. The number of anilines is 1. The number of rotatable bonds is 7. The number of hydrogen-bond acceptors (Lipinski definition) is 8. The van der Waals surface area contributed by atoms with E-state index in [0.717, 1.165) is 11.3 Å². The fraction of sp³-hybridized carbons (Fsp3) is 0.375. The van der Waals surface area contributed by atoms with Crippen LogP contribution in [0, 0.1) is 6.92 Å². The summed E-state index contributed by atoms with van der Waals surface area (Å²) in [5.41, 5.74) is 2.44. The van der Waals surface area contributed by atoms with Gasteiger partial charge in [0.2, 0.25) is 11.5 Å². The van der Waals surface area contributed by atoms with Crippen LogP contribution in [0.1, 0.15) is 34.5 Å². The molecule has 4 rings (SSSR count). The molecule has 0 amide bonds. The third-order valence-electron chi connectivity index (χ3n) is 5.77. The van der Waals surface area contributed by atoms with Gasteiger partial charge in [-0.25, -0.2) is 0 Å². The van der Waals surface area contributed by atoms with E-state index in [-0.39, 0.29) is 17.6 Å². The molecule has 2 aromatic carbocycles. The molecule has 0 saturated carbocycles. The zero-order valence-corrected chi connectivity index (χ0v) is 19.2. The van der Waals surface area contributed by atoms with Crippen molar-refractivity contribution in [1.29, 1.82) is 0 Å². The Morgan fingerprint density at radius 1 is 0.970 bits per heavy atom. The van der Waals surface area contributed by atoms with Crippen molar-refractivity contribution >= 4 is 11.6 Å². The molecular weight excluding hydrogens is 424 g/mol. The van der Waals surface area contributed by atoms with Crippen molar-refractivity contribution in [2.75, 3.05) is 39.3 Å². The first-order valence-electron chi connectivity index (χ1n) is 10.8. The Morgan fingerprint density at radius 2 is 1.58 bits per heavy atom. The highest BCUT2D eigenvalue weighted by Gasteiger charge is 2.29. The Balaban J connectivity index is 1.80. The molecule has 1 fully saturated rings. The molecule has 3 aromatic rings. The first kappa shape index (κ1) is 22.6. The van der Waals surface area contributed by atoms with E-state index < -0.39 is 0 Å². The second-order valence-corrected chi connectivity index (χ2v) is 7.96. The molecule has 0 spiro atoms. The molecule has 33 heavy (non-hydrogen) atoms. The topological polar surface area (TPSA) is 98.9 Å². The number of carbonyl (C=O) groups excluding carboxylic acids is 1. The standard InChI is InChI=1S/C24H28N4O5/c1-15-5-7-17(8-6-15)28-25-21(24(26-28)27-11-9-18(29)10-12-27)22(30)16-13-19(31-2)23(33-4)20(14-16)32-3/h5-8,13-14,18,29H,9-12H2,1-4H3. The van der Waals surface area contributed by atoms with Crippen LogP contribution in [0.5, 0.6) is 17.2 Å². The molecule has 1 aromatic heterocycles. The zero-order chi connectivity index (χ0) is 23.5. The minimum atomic E-state index is -0.345. The van der Waals surface area contributed by atoms with Gasteiger partial charge in [0.25, 0.3) is 0 Å². The van der Waals surface area contributed by atoms with Gasteiger partial charge in [0.15, 0.2) is 23.0 Å². The first-order chi connectivity index (χ1) is 15.9. The molecule has 1 N–H and O–H groups in total. The summed E-state index contributed by atoms with van der Waals surface area (Å²) >= 11 is 0. The maximum atomic E-state index is 13.7. The van der Waals surface area contributed by atoms with Crippen molar-refractivity contribution in [2.45, 2.75) is 25.9 Å². The van der Waals surface area contributed by atoms with Gasteiger partial charge < -0.3 is 24.2 Å². The van der Waals surface area contributed by atoms with Gasteiger partial charge in [-0.3, -0.25) is 4.79 Å². The SMILES string of the molecule is COc1cc(C(=O)c2nn(-c3ccc(C)cc3)nc2N2CCC(O)CC2)cc(OC)c1OC. The molecule has 174 valence electrons. The molecule has 2 heterocycles. The van der Waals surface area contributed by atoms with Crippen LogP contribution in [0.15, 0.2) is 36.4 Å². The predicted octanol–water partition coefficient (Wildman–Crippen LogP) is 2.79. The molecule has 9 nitrogen and oxygen atoms in total. The van der Waals surface area contributed by atoms with Crippen molar-refractivity contribution in [3.05, 3.63) is 53.2 Å². The maximum Gasteiger partial charge on any atom is 0.217 e. The number of aryl methyl sites for hydroxylation is 1. The van der Waals surface area contributed by atoms with Crippen LogP contribution in [-0.4, -0.2) is 66.4 Å². The van der Waals surface area contributed by atoms with Crippen LogP contribution < -0.4 is 19.1 Å². The lowest BCUT2D eigenvalue weighted by Crippen LogP contribution is -2.36. The molecule has 0 radical (unpaired) electrons. The molecule has 1 aliphatic rings. The summed E-state index contributed by atoms with van der Waals surface area (Å²) in [6.45, 7) is 3.18. The van der Waals surface area contributed by atoms with E-state index in [2.05, 4.69) is 10.2 Å². The van der Waals surface area contributed by atoms with E-state index in [1.54, 1.807) is 12.1 Å². The number of ketones is 1. The molecule has 0 bridgehead atoms. The third-order valence-corrected chi connectivity index (χ3v) is 5.77. The quantitative estimate of drug-likeness (QED) is 0.547. The van der Waals surface area contributed by atoms with Gasteiger partial charge in [0.05, 0.1) is 33.1 Å². The Kier molecular flexibility index (Phi) is 6.50. The summed E-state index contributed by atoms with van der Waals surface area (Å²) in [4.78, 5) is 17.1. The van der Waals surface area contributed by atoms with E-state index in [0.29, 0.717) is 54.6 Å². The van der Waals surface area contributed by atoms with Crippen molar-refractivity contribution in [2.24, 2.45) is 0 Å². The average molecular weight is 453 g/mol. The van der Waals surface area contributed by atoms with Crippen LogP contribution in [0.3, 0.4) is 0 Å². The van der Waals surface area contributed by atoms with Gasteiger partial charge in [0.1, 0.15) is 0 Å². The van der Waals surface area contributed by atoms with Gasteiger partial charge in [-0.1, -0.05) is 17.7 Å². The second-order valence-electron chi connectivity index (χ2n) is 7.96. The number of benzene rings is 2. The number of ether oxygens (including phenoxy) is 3. The Labute approximate surface area is 192 Å². The van der Waals surface area contributed by atoms with Gasteiger partial charge in [-0.15, -0.1) is 15.0 Å². The minimum absolute atomic E-state index is 0.223. The highest BCUT2D eigenvalue weighted by molar-refractivity contribution is 6.11. The van der Waals surface area contributed by atoms with E-state index in [1.165, 1.54) is 26.1 Å². The van der Waals surface area contributed by atoms with Crippen LogP contribution in [0.25, 0.3) is 5.69 Å². The van der Waals surface area contributed by atoms with Gasteiger partial charge >= 0.3 is 0 Å². The summed E-state index contributed by atoms with van der Waals surface area (Å²) in [6, 6.07) is 11.0. The molecule has 1 saturated heterocycles. The van der Waals surface area contributed by atoms with Gasteiger partial charge in [-0.2, -0.15) is 0 Å². The fourth-order valence-corrected chi connectivity index (χ4v) is 3.88. The Hall–Kier alpha value is -3.59. The number of carbonyl (C=O) groups is 1. The molecule has 1 aliphatic heterocycles. The Morgan fingerprint density at radius 3 is 2.12 bits per heavy atom. The van der Waals surface area contributed by atoms with E-state index in [9.17, 15) is 9.90 Å². The Bertz CT molecular complexity index is 1110. The van der Waals surface area contributed by atoms with Gasteiger partial charge in [-0.05, 0) is 44.0 Å². The lowest BCUT2D eigenvalue weighted by Gasteiger charge is -2.29. The lowest BCUT2D eigenvalue weighted by molar-refractivity contribution is 0.103. The van der Waals surface area contributed by atoms with Crippen LogP contribution in [0.2, 0.25) is 0 Å². The van der Waals surface area contributed by atoms with E-state index in [4.69, 9.17) is 14.2 Å². The molecule has 0 unspecified atom stereocenters. The highest BCUT2D eigenvalue weighted by Crippen LogP contribution is 2.39. The van der Waals surface area contributed by atoms with Crippen LogP contribution in [-0.2, 0) is 0 Å². The van der Waals surface area contributed by atoms with E-state index in [1.807, 2.05) is 36.1 Å². The highest BCUT2D eigenvalue weighted by atomic mass is 16.5. The van der Waals surface area contributed by atoms with Crippen molar-refractivity contribution in [3.63, 3.8) is 0 Å². The van der Waals surface area contributed by atoms with Crippen LogP contribution >= 0.6 is 0 Å². The monoisotopic (exact) mass is 452 g/mol. The fourth-order valence-electron chi connectivity index (χ4n) is 3.88. The maximum absolute atomic E-state index is 13.7. The lowest BCUT2D eigenvalue weighted by atomic mass is 10.0. The predicted molar refractivity (Wildman–Crippen MR) is 123 cm³/mol. The largest absolute Gasteiger partial charge is 0.493 e. The number of aromatic nitrogens is 3. The molecule has 9 heteroatoms. The molecular formula is C24H28N4O5. The molecule has 0 atom stereocenters. The number of methoxy groups -OCH3 is 3. The average Bonchev–Trinajstić information content (AvgIpc) is 3.28. The van der Waals surface area contributed by atoms with Gasteiger partial charge in [0, 0.05) is 18.7 Å². The zero-order valence-electron chi connectivity index (χ0n) is 19.2. The smallest absolute Gasteiger partial charge is 0.217 e. The first-order valence-corrected chi connectivity index (χ1v) is 10.8. The number of hydrogen-bond donors (Lipinski definition) is 1.